The third-order valence-corrected chi connectivity index (χ3v) is 6.77. The average molecular weight is 488 g/mol. The summed E-state index contributed by atoms with van der Waals surface area (Å²) in [6, 6.07) is 27.8. The van der Waals surface area contributed by atoms with Gasteiger partial charge in [-0.3, -0.25) is 0 Å². The number of methoxy groups -OCH3 is 1. The highest BCUT2D eigenvalue weighted by atomic mass is 16.8. The first kappa shape index (κ1) is 24.0. The topological polar surface area (TPSA) is 74.3 Å². The Balaban J connectivity index is 1.29. The van der Waals surface area contributed by atoms with E-state index in [0.717, 1.165) is 16.7 Å². The summed E-state index contributed by atoms with van der Waals surface area (Å²) in [5.74, 6) is -2.99. The molecule has 2 aliphatic rings. The molecule has 0 aliphatic carbocycles. The fourth-order valence-corrected chi connectivity index (χ4v) is 5.09. The molecule has 0 N–H and O–H groups in total. The van der Waals surface area contributed by atoms with Crippen molar-refractivity contribution < 1.29 is 28.5 Å². The highest BCUT2D eigenvalue weighted by Crippen LogP contribution is 2.47. The molecule has 7 heteroatoms. The molecule has 186 valence electrons. The molecule has 36 heavy (non-hydrogen) atoms. The zero-order valence-corrected chi connectivity index (χ0v) is 20.2. The molecule has 0 aromatic heterocycles. The number of ether oxygens (including phenoxy) is 4. The van der Waals surface area contributed by atoms with Crippen LogP contribution in [0, 0.1) is 0 Å². The summed E-state index contributed by atoms with van der Waals surface area (Å²) in [7, 11) is 1.60. The maximum absolute atomic E-state index is 12.1. The molecule has 1 atom stereocenters. The van der Waals surface area contributed by atoms with Gasteiger partial charge in [0.15, 0.2) is 0 Å². The second-order valence-electron chi connectivity index (χ2n) is 8.94. The number of carbonyl (C=O) groups is 2. The monoisotopic (exact) mass is 487 g/mol. The molecule has 0 bridgehead atoms. The molecule has 1 unspecified atom stereocenters. The third-order valence-electron chi connectivity index (χ3n) is 6.77. The van der Waals surface area contributed by atoms with Crippen LogP contribution in [0.2, 0.25) is 0 Å². The maximum atomic E-state index is 12.1. The lowest BCUT2D eigenvalue weighted by Crippen LogP contribution is -2.49. The van der Waals surface area contributed by atoms with E-state index in [9.17, 15) is 9.59 Å². The van der Waals surface area contributed by atoms with Gasteiger partial charge in [0.25, 0.3) is 0 Å². The van der Waals surface area contributed by atoms with Crippen LogP contribution in [0.4, 0.5) is 0 Å². The molecular formula is C29H29NO6. The van der Waals surface area contributed by atoms with Crippen molar-refractivity contribution in [2.24, 2.45) is 0 Å². The van der Waals surface area contributed by atoms with Gasteiger partial charge in [0, 0.05) is 19.7 Å². The van der Waals surface area contributed by atoms with Gasteiger partial charge in [-0.25, -0.2) is 14.5 Å². The Kier molecular flexibility index (Phi) is 7.02. The number of hydrogen-bond donors (Lipinski definition) is 0. The van der Waals surface area contributed by atoms with Gasteiger partial charge >= 0.3 is 17.8 Å². The fourth-order valence-electron chi connectivity index (χ4n) is 5.09. The van der Waals surface area contributed by atoms with Gasteiger partial charge in [-0.1, -0.05) is 72.8 Å². The van der Waals surface area contributed by atoms with Crippen LogP contribution in [0.5, 0.6) is 5.75 Å². The lowest BCUT2D eigenvalue weighted by molar-refractivity contribution is -0.243. The molecule has 0 saturated carbocycles. The molecule has 1 spiro atoms. The molecule has 3 aromatic carbocycles. The number of likely N-dealkylation sites (tertiary alicyclic amines) is 1. The minimum atomic E-state index is -1.45. The van der Waals surface area contributed by atoms with E-state index in [1.807, 2.05) is 65.6 Å². The molecule has 2 fully saturated rings. The predicted molar refractivity (Wildman–Crippen MR) is 132 cm³/mol. The average Bonchev–Trinajstić information content (AvgIpc) is 3.42. The van der Waals surface area contributed by atoms with Crippen LogP contribution in [0.3, 0.4) is 0 Å². The Labute approximate surface area is 210 Å². The highest BCUT2D eigenvalue weighted by Gasteiger charge is 2.61. The molecule has 0 amide bonds. The van der Waals surface area contributed by atoms with E-state index in [-0.39, 0.29) is 12.0 Å². The molecule has 0 radical (unpaired) electrons. The van der Waals surface area contributed by atoms with Crippen molar-refractivity contribution >= 4 is 11.9 Å². The van der Waals surface area contributed by atoms with Gasteiger partial charge in [0.2, 0.25) is 0 Å². The number of rotatable bonds is 9. The normalized spacial score (nSPS) is 19.0. The standard InChI is InChI=1S/C29H29NO6/c1-33-24-15-8-14-23(20-24)25-16-18-30(29(25)35-27(31)28(32)36-29)17-9-19-34-26(21-10-4-2-5-11-21)22-12-6-3-7-13-22/h2-8,10-15,20,25-26H,9,16-19H2,1H3. The van der Waals surface area contributed by atoms with Crippen LogP contribution < -0.4 is 4.74 Å². The van der Waals surface area contributed by atoms with E-state index in [0.29, 0.717) is 38.3 Å². The summed E-state index contributed by atoms with van der Waals surface area (Å²) in [5, 5.41) is 0. The second kappa shape index (κ2) is 10.5. The number of esters is 2. The number of carbonyl (C=O) groups excluding carboxylic acids is 2. The molecular weight excluding hydrogens is 458 g/mol. The summed E-state index contributed by atoms with van der Waals surface area (Å²) in [6.07, 6.45) is 1.15. The first-order valence-electron chi connectivity index (χ1n) is 12.2. The Bertz CT molecular complexity index is 1140. The summed E-state index contributed by atoms with van der Waals surface area (Å²) < 4.78 is 23.0. The van der Waals surface area contributed by atoms with Crippen molar-refractivity contribution in [3.8, 4) is 5.75 Å². The van der Waals surface area contributed by atoms with Crippen LogP contribution in [0.25, 0.3) is 0 Å². The van der Waals surface area contributed by atoms with Crippen molar-refractivity contribution in [1.82, 2.24) is 4.90 Å². The Morgan fingerprint density at radius 2 is 1.56 bits per heavy atom. The largest absolute Gasteiger partial charge is 0.497 e. The molecule has 7 nitrogen and oxygen atoms in total. The van der Waals surface area contributed by atoms with Gasteiger partial charge < -0.3 is 18.9 Å². The molecule has 2 heterocycles. The smallest absolute Gasteiger partial charge is 0.421 e. The zero-order chi connectivity index (χ0) is 25.0. The van der Waals surface area contributed by atoms with Crippen LogP contribution in [0.15, 0.2) is 84.9 Å². The van der Waals surface area contributed by atoms with Gasteiger partial charge in [-0.2, -0.15) is 0 Å². The van der Waals surface area contributed by atoms with Crippen molar-refractivity contribution in [2.45, 2.75) is 30.8 Å². The van der Waals surface area contributed by atoms with Crippen LogP contribution >= 0.6 is 0 Å². The van der Waals surface area contributed by atoms with E-state index in [2.05, 4.69) is 24.3 Å². The lowest BCUT2D eigenvalue weighted by atomic mass is 9.94. The van der Waals surface area contributed by atoms with E-state index < -0.39 is 17.8 Å². The van der Waals surface area contributed by atoms with Gasteiger partial charge in [-0.05, 0) is 41.7 Å². The summed E-state index contributed by atoms with van der Waals surface area (Å²) in [4.78, 5) is 26.2. The van der Waals surface area contributed by atoms with Gasteiger partial charge in [0.1, 0.15) is 11.9 Å². The van der Waals surface area contributed by atoms with Crippen LogP contribution in [-0.2, 0) is 23.8 Å². The first-order valence-corrected chi connectivity index (χ1v) is 12.2. The molecule has 3 aromatic rings. The fraction of sp³-hybridized carbons (Fsp3) is 0.310. The van der Waals surface area contributed by atoms with E-state index in [1.165, 1.54) is 0 Å². The van der Waals surface area contributed by atoms with Crippen molar-refractivity contribution in [1.29, 1.82) is 0 Å². The zero-order valence-electron chi connectivity index (χ0n) is 20.2. The summed E-state index contributed by atoms with van der Waals surface area (Å²) >= 11 is 0. The third kappa shape index (κ3) is 4.72. The van der Waals surface area contributed by atoms with E-state index in [1.54, 1.807) is 7.11 Å². The van der Waals surface area contributed by atoms with Gasteiger partial charge in [0.05, 0.1) is 13.0 Å². The SMILES string of the molecule is COc1cccc(C2CCN(CCCOC(c3ccccc3)c3ccccc3)C23OC(=O)C(=O)O3)c1. The minimum Gasteiger partial charge on any atom is -0.497 e. The molecule has 5 rings (SSSR count). The lowest BCUT2D eigenvalue weighted by Gasteiger charge is -2.35. The van der Waals surface area contributed by atoms with E-state index in [4.69, 9.17) is 18.9 Å². The minimum absolute atomic E-state index is 0.188. The van der Waals surface area contributed by atoms with Crippen LogP contribution in [0.1, 0.15) is 41.6 Å². The second-order valence-corrected chi connectivity index (χ2v) is 8.94. The predicted octanol–water partition coefficient (Wildman–Crippen LogP) is 4.43. The number of hydrogen-bond acceptors (Lipinski definition) is 7. The maximum Gasteiger partial charge on any atom is 0.421 e. The summed E-state index contributed by atoms with van der Waals surface area (Å²) in [6.45, 7) is 1.63. The number of benzene rings is 3. The quantitative estimate of drug-likeness (QED) is 0.251. The van der Waals surface area contributed by atoms with Crippen molar-refractivity contribution in [3.05, 3.63) is 102 Å². The van der Waals surface area contributed by atoms with Gasteiger partial charge in [-0.15, -0.1) is 0 Å². The van der Waals surface area contributed by atoms with Crippen molar-refractivity contribution in [3.63, 3.8) is 0 Å². The first-order chi connectivity index (χ1) is 17.6. The Morgan fingerprint density at radius 3 is 2.17 bits per heavy atom. The van der Waals surface area contributed by atoms with Crippen molar-refractivity contribution in [2.75, 3.05) is 26.8 Å². The summed E-state index contributed by atoms with van der Waals surface area (Å²) in [5.41, 5.74) is 3.06. The highest BCUT2D eigenvalue weighted by molar-refractivity contribution is 6.31. The number of nitrogens with zero attached hydrogens (tertiary/aromatic N) is 1. The molecule has 2 saturated heterocycles. The molecule has 2 aliphatic heterocycles. The Morgan fingerprint density at radius 1 is 0.917 bits per heavy atom. The Hall–Kier alpha value is -3.68. The van der Waals surface area contributed by atoms with Crippen LogP contribution in [-0.4, -0.2) is 49.6 Å². The van der Waals surface area contributed by atoms with E-state index >= 15 is 0 Å².